The zero-order valence-corrected chi connectivity index (χ0v) is 13.6. The van der Waals surface area contributed by atoms with Crippen LogP contribution in [0.5, 0.6) is 5.75 Å². The first-order chi connectivity index (χ1) is 12.1. The maximum absolute atomic E-state index is 12.8. The van der Waals surface area contributed by atoms with Crippen molar-refractivity contribution in [3.63, 3.8) is 0 Å². The van der Waals surface area contributed by atoms with E-state index in [1.165, 1.54) is 17.2 Å². The summed E-state index contributed by atoms with van der Waals surface area (Å²) in [5.74, 6) is -0.994. The minimum Gasteiger partial charge on any atom is -0.503 e. The molecule has 6 heteroatoms. The maximum atomic E-state index is 12.8. The van der Waals surface area contributed by atoms with Gasteiger partial charge in [0.05, 0.1) is 25.0 Å². The number of carbonyl (C=O) groups is 2. The van der Waals surface area contributed by atoms with Crippen LogP contribution < -0.4 is 4.74 Å². The van der Waals surface area contributed by atoms with Gasteiger partial charge in [0.25, 0.3) is 5.91 Å². The van der Waals surface area contributed by atoms with Gasteiger partial charge in [0.15, 0.2) is 11.5 Å². The molecule has 1 aliphatic rings. The van der Waals surface area contributed by atoms with E-state index in [2.05, 4.69) is 6.58 Å². The number of rotatable bonds is 6. The topological polar surface area (TPSA) is 80.0 Å². The number of ether oxygens (including phenoxy) is 1. The molecular formula is C19H17NO5. The van der Waals surface area contributed by atoms with Crippen LogP contribution in [0.2, 0.25) is 0 Å². The molecule has 6 nitrogen and oxygen atoms in total. The molecule has 2 aromatic rings. The Kier molecular flexibility index (Phi) is 4.43. The van der Waals surface area contributed by atoms with Gasteiger partial charge < -0.3 is 19.2 Å². The van der Waals surface area contributed by atoms with Crippen LogP contribution in [-0.2, 0) is 4.79 Å². The maximum Gasteiger partial charge on any atom is 0.290 e. The van der Waals surface area contributed by atoms with Crippen LogP contribution in [0.15, 0.2) is 71.1 Å². The number of amides is 1. The average molecular weight is 339 g/mol. The molecule has 1 amide bonds. The first-order valence-electron chi connectivity index (χ1n) is 7.65. The predicted molar refractivity (Wildman–Crippen MR) is 90.3 cm³/mol. The van der Waals surface area contributed by atoms with Gasteiger partial charge in [-0.3, -0.25) is 9.59 Å². The SMILES string of the molecule is C=CCN1C(=O)C(O)=C(C(=O)c2ccco2)C1c1ccc(OC)cc1. The molecule has 0 saturated carbocycles. The van der Waals surface area contributed by atoms with Crippen molar-refractivity contribution in [1.82, 2.24) is 4.90 Å². The number of carbonyl (C=O) groups excluding carboxylic acids is 2. The number of hydrogen-bond acceptors (Lipinski definition) is 5. The van der Waals surface area contributed by atoms with Crippen molar-refractivity contribution in [1.29, 1.82) is 0 Å². The Bertz CT molecular complexity index is 833. The summed E-state index contributed by atoms with van der Waals surface area (Å²) in [7, 11) is 1.55. The Balaban J connectivity index is 2.09. The molecule has 0 spiro atoms. The number of nitrogens with zero attached hydrogens (tertiary/aromatic N) is 1. The normalized spacial score (nSPS) is 17.1. The zero-order valence-electron chi connectivity index (χ0n) is 13.6. The summed E-state index contributed by atoms with van der Waals surface area (Å²) >= 11 is 0. The molecule has 1 N–H and O–H groups in total. The molecular weight excluding hydrogens is 322 g/mol. The number of hydrogen-bond donors (Lipinski definition) is 1. The van der Waals surface area contributed by atoms with Gasteiger partial charge in [-0.05, 0) is 29.8 Å². The lowest BCUT2D eigenvalue weighted by Gasteiger charge is -2.25. The number of ketones is 1. The highest BCUT2D eigenvalue weighted by molar-refractivity contribution is 6.15. The van der Waals surface area contributed by atoms with E-state index in [4.69, 9.17) is 9.15 Å². The number of methoxy groups -OCH3 is 1. The van der Waals surface area contributed by atoms with E-state index in [0.29, 0.717) is 11.3 Å². The number of benzene rings is 1. The fourth-order valence-electron chi connectivity index (χ4n) is 2.89. The summed E-state index contributed by atoms with van der Waals surface area (Å²) in [5, 5.41) is 10.3. The van der Waals surface area contributed by atoms with Crippen molar-refractivity contribution in [2.75, 3.05) is 13.7 Å². The third-order valence-corrected chi connectivity index (χ3v) is 4.05. The van der Waals surface area contributed by atoms with Crippen LogP contribution in [0, 0.1) is 0 Å². The van der Waals surface area contributed by atoms with Gasteiger partial charge in [0.1, 0.15) is 5.75 Å². The van der Waals surface area contributed by atoms with E-state index in [1.54, 1.807) is 43.5 Å². The Morgan fingerprint density at radius 3 is 2.64 bits per heavy atom. The van der Waals surface area contributed by atoms with Crippen LogP contribution in [0.3, 0.4) is 0 Å². The number of Topliss-reactive ketones (excluding diaryl/α,β-unsaturated/α-hetero) is 1. The van der Waals surface area contributed by atoms with Crippen LogP contribution in [0.1, 0.15) is 22.2 Å². The fraction of sp³-hybridized carbons (Fsp3) is 0.158. The summed E-state index contributed by atoms with van der Waals surface area (Å²) < 4.78 is 10.3. The second-order valence-corrected chi connectivity index (χ2v) is 5.49. The molecule has 25 heavy (non-hydrogen) atoms. The van der Waals surface area contributed by atoms with Gasteiger partial charge in [0.2, 0.25) is 5.78 Å². The smallest absolute Gasteiger partial charge is 0.290 e. The standard InChI is InChI=1S/C19H17NO5/c1-3-10-20-16(12-6-8-13(24-2)9-7-12)15(18(22)19(20)23)17(21)14-5-4-11-25-14/h3-9,11,16,22H,1,10H2,2H3. The highest BCUT2D eigenvalue weighted by Gasteiger charge is 2.43. The quantitative estimate of drug-likeness (QED) is 0.646. The minimum atomic E-state index is -0.728. The fourth-order valence-corrected chi connectivity index (χ4v) is 2.89. The molecule has 0 radical (unpaired) electrons. The lowest BCUT2D eigenvalue weighted by molar-refractivity contribution is -0.128. The van der Waals surface area contributed by atoms with Crippen molar-refractivity contribution in [2.45, 2.75) is 6.04 Å². The Hall–Kier alpha value is -3.28. The molecule has 2 heterocycles. The van der Waals surface area contributed by atoms with E-state index in [9.17, 15) is 14.7 Å². The van der Waals surface area contributed by atoms with Gasteiger partial charge in [-0.1, -0.05) is 18.2 Å². The molecule has 1 aliphatic heterocycles. The van der Waals surface area contributed by atoms with Gasteiger partial charge in [-0.15, -0.1) is 6.58 Å². The first-order valence-corrected chi connectivity index (χ1v) is 7.65. The van der Waals surface area contributed by atoms with Crippen molar-refractivity contribution in [2.24, 2.45) is 0 Å². The second-order valence-electron chi connectivity index (χ2n) is 5.49. The first kappa shape index (κ1) is 16.6. The second kappa shape index (κ2) is 6.68. The highest BCUT2D eigenvalue weighted by Crippen LogP contribution is 2.39. The molecule has 0 fully saturated rings. The molecule has 1 aromatic heterocycles. The Morgan fingerprint density at radius 2 is 2.08 bits per heavy atom. The Morgan fingerprint density at radius 1 is 1.36 bits per heavy atom. The summed E-state index contributed by atoms with van der Waals surface area (Å²) in [5.41, 5.74) is 0.668. The van der Waals surface area contributed by atoms with Crippen LogP contribution >= 0.6 is 0 Å². The molecule has 1 aromatic carbocycles. The minimum absolute atomic E-state index is 0.00744. The van der Waals surface area contributed by atoms with Crippen molar-refractivity contribution >= 4 is 11.7 Å². The van der Waals surface area contributed by atoms with E-state index in [0.717, 1.165) is 0 Å². The predicted octanol–water partition coefficient (Wildman–Crippen LogP) is 3.05. The van der Waals surface area contributed by atoms with E-state index < -0.39 is 23.5 Å². The summed E-state index contributed by atoms with van der Waals surface area (Å²) in [6.07, 6.45) is 2.91. The summed E-state index contributed by atoms with van der Waals surface area (Å²) in [4.78, 5) is 26.6. The Labute approximate surface area is 144 Å². The third kappa shape index (κ3) is 2.82. The molecule has 0 aliphatic carbocycles. The molecule has 0 saturated heterocycles. The average Bonchev–Trinajstić information content (AvgIpc) is 3.25. The largest absolute Gasteiger partial charge is 0.503 e. The molecule has 0 bridgehead atoms. The van der Waals surface area contributed by atoms with Crippen molar-refractivity contribution in [3.8, 4) is 5.75 Å². The number of aliphatic hydroxyl groups excluding tert-OH is 1. The van der Waals surface area contributed by atoms with E-state index in [-0.39, 0.29) is 17.9 Å². The summed E-state index contributed by atoms with van der Waals surface area (Å²) in [6, 6.07) is 9.31. The molecule has 1 atom stereocenters. The monoisotopic (exact) mass is 339 g/mol. The van der Waals surface area contributed by atoms with Crippen LogP contribution in [0.4, 0.5) is 0 Å². The van der Waals surface area contributed by atoms with Gasteiger partial charge >= 0.3 is 0 Å². The van der Waals surface area contributed by atoms with E-state index >= 15 is 0 Å². The van der Waals surface area contributed by atoms with Crippen LogP contribution in [0.25, 0.3) is 0 Å². The van der Waals surface area contributed by atoms with Gasteiger partial charge in [-0.2, -0.15) is 0 Å². The van der Waals surface area contributed by atoms with Crippen molar-refractivity contribution in [3.05, 3.63) is 78.0 Å². The molecule has 1 unspecified atom stereocenters. The van der Waals surface area contributed by atoms with Gasteiger partial charge in [-0.25, -0.2) is 0 Å². The summed E-state index contributed by atoms with van der Waals surface area (Å²) in [6.45, 7) is 3.83. The highest BCUT2D eigenvalue weighted by atomic mass is 16.5. The molecule has 128 valence electrons. The lowest BCUT2D eigenvalue weighted by atomic mass is 9.95. The number of aliphatic hydroxyl groups is 1. The molecule has 3 rings (SSSR count). The van der Waals surface area contributed by atoms with Crippen molar-refractivity contribution < 1.29 is 23.8 Å². The third-order valence-electron chi connectivity index (χ3n) is 4.05. The zero-order chi connectivity index (χ0) is 18.0. The van der Waals surface area contributed by atoms with E-state index in [1.807, 2.05) is 0 Å². The van der Waals surface area contributed by atoms with Crippen LogP contribution in [-0.4, -0.2) is 35.4 Å². The van der Waals surface area contributed by atoms with Gasteiger partial charge in [0, 0.05) is 6.54 Å². The lowest BCUT2D eigenvalue weighted by Crippen LogP contribution is -2.31. The number of furan rings is 1.